The third-order valence-electron chi connectivity index (χ3n) is 0.903. The van der Waals surface area contributed by atoms with Crippen LogP contribution in [0.15, 0.2) is 5.38 Å². The summed E-state index contributed by atoms with van der Waals surface area (Å²) < 4.78 is 0. The SMILES string of the molecule is CNc1nc(CCl)cs1.Cl. The number of rotatable bonds is 2. The number of halogens is 2. The van der Waals surface area contributed by atoms with Crippen molar-refractivity contribution in [3.63, 3.8) is 0 Å². The molecule has 0 radical (unpaired) electrons. The van der Waals surface area contributed by atoms with Gasteiger partial charge in [-0.15, -0.1) is 35.3 Å². The van der Waals surface area contributed by atoms with Crippen LogP contribution >= 0.6 is 35.3 Å². The predicted molar refractivity (Wildman–Crippen MR) is 48.5 cm³/mol. The fourth-order valence-electron chi connectivity index (χ4n) is 0.483. The molecule has 10 heavy (non-hydrogen) atoms. The fourth-order valence-corrected chi connectivity index (χ4v) is 1.38. The summed E-state index contributed by atoms with van der Waals surface area (Å²) in [6.45, 7) is 0. The zero-order valence-corrected chi connectivity index (χ0v) is 7.82. The molecule has 1 N–H and O–H groups in total. The molecule has 0 atom stereocenters. The zero-order valence-electron chi connectivity index (χ0n) is 5.43. The summed E-state index contributed by atoms with van der Waals surface area (Å²) in [4.78, 5) is 4.12. The summed E-state index contributed by atoms with van der Waals surface area (Å²) >= 11 is 7.08. The molecule has 5 heteroatoms. The van der Waals surface area contributed by atoms with Gasteiger partial charge in [-0.3, -0.25) is 0 Å². The van der Waals surface area contributed by atoms with Gasteiger partial charge in [-0.05, 0) is 0 Å². The number of alkyl halides is 1. The summed E-state index contributed by atoms with van der Waals surface area (Å²) in [5.41, 5.74) is 0.936. The Kier molecular flexibility index (Phi) is 4.77. The average Bonchev–Trinajstić information content (AvgIpc) is 2.34. The van der Waals surface area contributed by atoms with Crippen LogP contribution in [0.4, 0.5) is 5.13 Å². The van der Waals surface area contributed by atoms with Gasteiger partial charge in [0.15, 0.2) is 5.13 Å². The number of hydrogen-bond acceptors (Lipinski definition) is 3. The quantitative estimate of drug-likeness (QED) is 0.739. The van der Waals surface area contributed by atoms with E-state index in [4.69, 9.17) is 11.6 Å². The first-order valence-electron chi connectivity index (χ1n) is 2.55. The molecule has 0 unspecified atom stereocenters. The monoisotopic (exact) mass is 198 g/mol. The van der Waals surface area contributed by atoms with Gasteiger partial charge in [-0.25, -0.2) is 4.98 Å². The molecule has 0 fully saturated rings. The lowest BCUT2D eigenvalue weighted by Gasteiger charge is -1.86. The Morgan fingerprint density at radius 2 is 2.50 bits per heavy atom. The van der Waals surface area contributed by atoms with Crippen molar-refractivity contribution in [2.45, 2.75) is 5.88 Å². The van der Waals surface area contributed by atoms with Crippen LogP contribution in [0.1, 0.15) is 5.69 Å². The van der Waals surface area contributed by atoms with Gasteiger partial charge >= 0.3 is 0 Å². The standard InChI is InChI=1S/C5H7ClN2S.ClH/c1-7-5-8-4(2-6)3-9-5;/h3H,2H2,1H3,(H,7,8);1H. The molecule has 1 aromatic heterocycles. The van der Waals surface area contributed by atoms with Crippen LogP contribution in [-0.4, -0.2) is 12.0 Å². The lowest BCUT2D eigenvalue weighted by Crippen LogP contribution is -1.85. The van der Waals surface area contributed by atoms with Gasteiger partial charge in [0, 0.05) is 12.4 Å². The summed E-state index contributed by atoms with van der Waals surface area (Å²) in [6, 6.07) is 0. The van der Waals surface area contributed by atoms with E-state index in [1.807, 2.05) is 12.4 Å². The second kappa shape index (κ2) is 4.77. The molecular formula is C5H8Cl2N2S. The molecule has 0 saturated carbocycles. The minimum Gasteiger partial charge on any atom is -0.365 e. The molecule has 0 amide bonds. The van der Waals surface area contributed by atoms with Crippen molar-refractivity contribution in [2.75, 3.05) is 12.4 Å². The molecular weight excluding hydrogens is 191 g/mol. The van der Waals surface area contributed by atoms with E-state index < -0.39 is 0 Å². The molecule has 0 aliphatic carbocycles. The molecule has 0 aliphatic rings. The van der Waals surface area contributed by atoms with Crippen LogP contribution in [0.5, 0.6) is 0 Å². The Bertz CT molecular complexity index is 171. The maximum atomic E-state index is 5.51. The molecule has 0 aromatic carbocycles. The second-order valence-corrected chi connectivity index (χ2v) is 2.65. The topological polar surface area (TPSA) is 24.9 Å². The highest BCUT2D eigenvalue weighted by molar-refractivity contribution is 7.13. The molecule has 0 aliphatic heterocycles. The van der Waals surface area contributed by atoms with Crippen molar-refractivity contribution >= 4 is 40.5 Å². The summed E-state index contributed by atoms with van der Waals surface area (Å²) in [6.07, 6.45) is 0. The normalized spacial score (nSPS) is 8.60. The van der Waals surface area contributed by atoms with Crippen LogP contribution in [-0.2, 0) is 5.88 Å². The first-order valence-corrected chi connectivity index (χ1v) is 3.96. The number of hydrogen-bond donors (Lipinski definition) is 1. The van der Waals surface area contributed by atoms with Crippen LogP contribution in [0, 0.1) is 0 Å². The number of nitrogens with one attached hydrogen (secondary N) is 1. The van der Waals surface area contributed by atoms with Gasteiger partial charge < -0.3 is 5.32 Å². The zero-order chi connectivity index (χ0) is 6.69. The number of aromatic nitrogens is 1. The van der Waals surface area contributed by atoms with Gasteiger partial charge in [-0.1, -0.05) is 0 Å². The predicted octanol–water partition coefficient (Wildman–Crippen LogP) is 2.35. The molecule has 2 nitrogen and oxygen atoms in total. The summed E-state index contributed by atoms with van der Waals surface area (Å²) in [7, 11) is 1.84. The van der Waals surface area contributed by atoms with Gasteiger partial charge in [-0.2, -0.15) is 0 Å². The van der Waals surface area contributed by atoms with E-state index in [9.17, 15) is 0 Å². The minimum atomic E-state index is 0. The molecule has 0 spiro atoms. The van der Waals surface area contributed by atoms with E-state index >= 15 is 0 Å². The molecule has 1 heterocycles. The van der Waals surface area contributed by atoms with Crippen molar-refractivity contribution in [1.29, 1.82) is 0 Å². The summed E-state index contributed by atoms with van der Waals surface area (Å²) in [5, 5.41) is 5.80. The lowest BCUT2D eigenvalue weighted by atomic mass is 10.6. The van der Waals surface area contributed by atoms with Crippen molar-refractivity contribution in [3.05, 3.63) is 11.1 Å². The van der Waals surface area contributed by atoms with Crippen LogP contribution in [0.25, 0.3) is 0 Å². The first-order chi connectivity index (χ1) is 4.36. The van der Waals surface area contributed by atoms with Gasteiger partial charge in [0.1, 0.15) is 0 Å². The van der Waals surface area contributed by atoms with Gasteiger partial charge in [0.05, 0.1) is 11.6 Å². The highest BCUT2D eigenvalue weighted by Gasteiger charge is 1.95. The highest BCUT2D eigenvalue weighted by atomic mass is 35.5. The molecule has 1 rings (SSSR count). The second-order valence-electron chi connectivity index (χ2n) is 1.53. The lowest BCUT2D eigenvalue weighted by molar-refractivity contribution is 1.22. The van der Waals surface area contributed by atoms with Crippen LogP contribution in [0.3, 0.4) is 0 Å². The van der Waals surface area contributed by atoms with Crippen LogP contribution < -0.4 is 5.32 Å². The van der Waals surface area contributed by atoms with Gasteiger partial charge in [0.2, 0.25) is 0 Å². The molecule has 58 valence electrons. The van der Waals surface area contributed by atoms with Crippen molar-refractivity contribution in [2.24, 2.45) is 0 Å². The third-order valence-corrected chi connectivity index (χ3v) is 2.08. The van der Waals surface area contributed by atoms with E-state index in [0.717, 1.165) is 10.8 Å². The van der Waals surface area contributed by atoms with E-state index in [0.29, 0.717) is 5.88 Å². The van der Waals surface area contributed by atoms with Crippen molar-refractivity contribution in [3.8, 4) is 0 Å². The molecule has 0 saturated heterocycles. The Hall–Kier alpha value is 0.01000. The third kappa shape index (κ3) is 2.33. The minimum absolute atomic E-state index is 0. The summed E-state index contributed by atoms with van der Waals surface area (Å²) in [5.74, 6) is 0.498. The fraction of sp³-hybridized carbons (Fsp3) is 0.400. The van der Waals surface area contributed by atoms with Crippen molar-refractivity contribution in [1.82, 2.24) is 4.98 Å². The maximum absolute atomic E-state index is 5.51. The largest absolute Gasteiger partial charge is 0.365 e. The van der Waals surface area contributed by atoms with E-state index in [1.54, 1.807) is 11.3 Å². The van der Waals surface area contributed by atoms with E-state index in [2.05, 4.69) is 10.3 Å². The number of anilines is 1. The smallest absolute Gasteiger partial charge is 0.182 e. The van der Waals surface area contributed by atoms with Gasteiger partial charge in [0.25, 0.3) is 0 Å². The van der Waals surface area contributed by atoms with Crippen LogP contribution in [0.2, 0.25) is 0 Å². The van der Waals surface area contributed by atoms with E-state index in [-0.39, 0.29) is 12.4 Å². The number of thiazole rings is 1. The Labute approximate surface area is 75.0 Å². The highest BCUT2D eigenvalue weighted by Crippen LogP contribution is 2.15. The first kappa shape index (κ1) is 10.0. The van der Waals surface area contributed by atoms with Crippen molar-refractivity contribution < 1.29 is 0 Å². The molecule has 0 bridgehead atoms. The number of nitrogens with zero attached hydrogens (tertiary/aromatic N) is 1. The molecule has 1 aromatic rings. The Balaban J connectivity index is 0.000000810. The Morgan fingerprint density at radius 1 is 1.80 bits per heavy atom. The van der Waals surface area contributed by atoms with E-state index in [1.165, 1.54) is 0 Å². The Morgan fingerprint density at radius 3 is 2.80 bits per heavy atom. The average molecular weight is 199 g/mol. The maximum Gasteiger partial charge on any atom is 0.182 e.